The SMILES string of the molecule is [CH2]CC[Si](OCCOC)(OCCOC)OCCOC. The van der Waals surface area contributed by atoms with Crippen LogP contribution in [0.4, 0.5) is 0 Å². The quantitative estimate of drug-likeness (QED) is 0.354. The molecule has 0 bridgehead atoms. The molecule has 0 aliphatic carbocycles. The van der Waals surface area contributed by atoms with Crippen LogP contribution in [0.15, 0.2) is 0 Å². The van der Waals surface area contributed by atoms with Crippen LogP contribution < -0.4 is 0 Å². The minimum absolute atomic E-state index is 0.447. The Morgan fingerprint density at radius 2 is 1.05 bits per heavy atom. The fraction of sp³-hybridized carbons (Fsp3) is 0.917. The third-order valence-corrected chi connectivity index (χ3v) is 5.21. The first-order valence-corrected chi connectivity index (χ1v) is 8.35. The third-order valence-electron chi connectivity index (χ3n) is 2.31. The third kappa shape index (κ3) is 9.50. The molecule has 0 N–H and O–H groups in total. The van der Waals surface area contributed by atoms with E-state index >= 15 is 0 Å². The predicted octanol–water partition coefficient (Wildman–Crippen LogP) is 1.14. The molecule has 1 radical (unpaired) electrons. The summed E-state index contributed by atoms with van der Waals surface area (Å²) in [5, 5.41) is 0. The number of hydrogen-bond acceptors (Lipinski definition) is 6. The zero-order chi connectivity index (χ0) is 14.4. The average Bonchev–Trinajstić information content (AvgIpc) is 2.40. The molecule has 0 atom stereocenters. The Bertz CT molecular complexity index is 167. The summed E-state index contributed by atoms with van der Waals surface area (Å²) in [7, 11) is 2.18. The molecular weight excluding hydrogens is 268 g/mol. The fourth-order valence-corrected chi connectivity index (χ4v) is 3.70. The standard InChI is InChI=1S/C12H27O6Si/c1-5-12-19(16-9-6-13-2,17-10-7-14-3)18-11-8-15-4/h1,5-12H2,2-4H3. The molecule has 0 spiro atoms. The largest absolute Gasteiger partial charge is 0.501 e. The Labute approximate surface area is 117 Å². The van der Waals surface area contributed by atoms with Crippen molar-refractivity contribution in [1.82, 2.24) is 0 Å². The molecule has 0 fully saturated rings. The van der Waals surface area contributed by atoms with Crippen molar-refractivity contribution in [2.75, 3.05) is 61.0 Å². The van der Waals surface area contributed by atoms with Gasteiger partial charge in [0.2, 0.25) is 0 Å². The molecule has 0 unspecified atom stereocenters. The van der Waals surface area contributed by atoms with Gasteiger partial charge in [-0.3, -0.25) is 0 Å². The van der Waals surface area contributed by atoms with Gasteiger partial charge in [-0.2, -0.15) is 0 Å². The van der Waals surface area contributed by atoms with E-state index in [1.54, 1.807) is 21.3 Å². The summed E-state index contributed by atoms with van der Waals surface area (Å²) in [4.78, 5) is 0. The fourth-order valence-electron chi connectivity index (χ4n) is 1.40. The zero-order valence-corrected chi connectivity index (χ0v) is 13.3. The van der Waals surface area contributed by atoms with Crippen molar-refractivity contribution in [3.8, 4) is 0 Å². The molecule has 0 saturated carbocycles. The highest BCUT2D eigenvalue weighted by Gasteiger charge is 2.40. The van der Waals surface area contributed by atoms with Crippen molar-refractivity contribution >= 4 is 8.80 Å². The van der Waals surface area contributed by atoms with Crippen LogP contribution in [0.25, 0.3) is 0 Å². The highest BCUT2D eigenvalue weighted by atomic mass is 28.4. The monoisotopic (exact) mass is 295 g/mol. The van der Waals surface area contributed by atoms with E-state index in [0.29, 0.717) is 52.1 Å². The van der Waals surface area contributed by atoms with Crippen molar-refractivity contribution in [2.24, 2.45) is 0 Å². The minimum Gasteiger partial charge on any atom is -0.382 e. The Hall–Kier alpha value is -0.0231. The minimum atomic E-state index is -2.71. The van der Waals surface area contributed by atoms with Gasteiger partial charge in [0.25, 0.3) is 0 Å². The summed E-state index contributed by atoms with van der Waals surface area (Å²) in [5.74, 6) is 0. The van der Waals surface area contributed by atoms with Crippen LogP contribution in [-0.2, 0) is 27.5 Å². The van der Waals surface area contributed by atoms with Gasteiger partial charge in [-0.05, 0) is 6.42 Å². The van der Waals surface area contributed by atoms with Crippen LogP contribution in [0, 0.1) is 6.92 Å². The lowest BCUT2D eigenvalue weighted by Crippen LogP contribution is -2.47. The van der Waals surface area contributed by atoms with Gasteiger partial charge in [0.1, 0.15) is 0 Å². The molecule has 115 valence electrons. The van der Waals surface area contributed by atoms with Crippen LogP contribution >= 0.6 is 0 Å². The molecule has 0 aromatic carbocycles. The molecule has 0 aliphatic rings. The van der Waals surface area contributed by atoms with Gasteiger partial charge in [0, 0.05) is 27.4 Å². The first kappa shape index (κ1) is 19.0. The van der Waals surface area contributed by atoms with Gasteiger partial charge in [-0.25, -0.2) is 0 Å². The van der Waals surface area contributed by atoms with Gasteiger partial charge < -0.3 is 27.5 Å². The first-order chi connectivity index (χ1) is 9.24. The number of ether oxygens (including phenoxy) is 3. The molecule has 0 heterocycles. The lowest BCUT2D eigenvalue weighted by molar-refractivity contribution is 0.0147. The van der Waals surface area contributed by atoms with Crippen molar-refractivity contribution < 1.29 is 27.5 Å². The van der Waals surface area contributed by atoms with Crippen molar-refractivity contribution in [3.05, 3.63) is 6.92 Å². The molecule has 6 nitrogen and oxygen atoms in total. The van der Waals surface area contributed by atoms with E-state index in [0.717, 1.165) is 0 Å². The predicted molar refractivity (Wildman–Crippen MR) is 74.0 cm³/mol. The average molecular weight is 295 g/mol. The lowest BCUT2D eigenvalue weighted by atomic mass is 10.6. The molecule has 0 aromatic heterocycles. The van der Waals surface area contributed by atoms with E-state index in [-0.39, 0.29) is 0 Å². The van der Waals surface area contributed by atoms with E-state index in [4.69, 9.17) is 27.5 Å². The van der Waals surface area contributed by atoms with Gasteiger partial charge in [0.05, 0.1) is 39.6 Å². The molecule has 0 aromatic rings. The van der Waals surface area contributed by atoms with E-state index in [9.17, 15) is 0 Å². The van der Waals surface area contributed by atoms with Gasteiger partial charge >= 0.3 is 8.80 Å². The van der Waals surface area contributed by atoms with Gasteiger partial charge in [0.15, 0.2) is 0 Å². The van der Waals surface area contributed by atoms with Gasteiger partial charge in [-0.1, -0.05) is 6.92 Å². The van der Waals surface area contributed by atoms with Crippen molar-refractivity contribution in [2.45, 2.75) is 12.5 Å². The topological polar surface area (TPSA) is 55.4 Å². The number of rotatable bonds is 14. The highest BCUT2D eigenvalue weighted by Crippen LogP contribution is 2.17. The van der Waals surface area contributed by atoms with Crippen molar-refractivity contribution in [3.63, 3.8) is 0 Å². The molecule has 0 amide bonds. The van der Waals surface area contributed by atoms with Gasteiger partial charge in [-0.15, -0.1) is 0 Å². The van der Waals surface area contributed by atoms with Crippen LogP contribution in [0.3, 0.4) is 0 Å². The van der Waals surface area contributed by atoms with Crippen LogP contribution in [0.2, 0.25) is 6.04 Å². The van der Waals surface area contributed by atoms with E-state index in [2.05, 4.69) is 6.92 Å². The molecule has 0 aliphatic heterocycles. The number of hydrogen-bond donors (Lipinski definition) is 0. The highest BCUT2D eigenvalue weighted by molar-refractivity contribution is 6.60. The maximum Gasteiger partial charge on any atom is 0.501 e. The summed E-state index contributed by atoms with van der Waals surface area (Å²) in [6.07, 6.45) is 0.694. The smallest absolute Gasteiger partial charge is 0.382 e. The van der Waals surface area contributed by atoms with Crippen LogP contribution in [0.5, 0.6) is 0 Å². The Morgan fingerprint density at radius 1 is 0.684 bits per heavy atom. The molecule has 7 heteroatoms. The normalized spacial score (nSPS) is 12.0. The summed E-state index contributed by atoms with van der Waals surface area (Å²) >= 11 is 0. The van der Waals surface area contributed by atoms with E-state index < -0.39 is 8.80 Å². The second kappa shape index (κ2) is 13.0. The maximum absolute atomic E-state index is 5.82. The summed E-state index contributed by atoms with van der Waals surface area (Å²) in [6.45, 7) is 6.72. The van der Waals surface area contributed by atoms with Crippen molar-refractivity contribution in [1.29, 1.82) is 0 Å². The molecule has 19 heavy (non-hydrogen) atoms. The summed E-state index contributed by atoms with van der Waals surface area (Å²) < 4.78 is 32.4. The second-order valence-electron chi connectivity index (χ2n) is 3.81. The second-order valence-corrected chi connectivity index (χ2v) is 6.54. The summed E-state index contributed by atoms with van der Waals surface area (Å²) in [5.41, 5.74) is 0. The Balaban J connectivity index is 4.37. The Kier molecular flexibility index (Phi) is 13.0. The number of methoxy groups -OCH3 is 3. The first-order valence-electron chi connectivity index (χ1n) is 6.42. The molecule has 0 rings (SSSR count). The van der Waals surface area contributed by atoms with Crippen LogP contribution in [-0.4, -0.2) is 69.8 Å². The van der Waals surface area contributed by atoms with Crippen LogP contribution in [0.1, 0.15) is 6.42 Å². The maximum atomic E-state index is 5.82. The van der Waals surface area contributed by atoms with E-state index in [1.165, 1.54) is 0 Å². The molecule has 0 saturated heterocycles. The summed E-state index contributed by atoms with van der Waals surface area (Å²) in [6, 6.07) is 0.671. The Morgan fingerprint density at radius 3 is 1.32 bits per heavy atom. The lowest BCUT2D eigenvalue weighted by Gasteiger charge is -2.29. The molecular formula is C12H27O6Si. The zero-order valence-electron chi connectivity index (χ0n) is 12.3. The van der Waals surface area contributed by atoms with E-state index in [1.807, 2.05) is 0 Å².